The highest BCUT2D eigenvalue weighted by Crippen LogP contribution is 2.26. The van der Waals surface area contributed by atoms with Crippen molar-refractivity contribution in [1.82, 2.24) is 15.1 Å². The van der Waals surface area contributed by atoms with Gasteiger partial charge in [0.2, 0.25) is 5.91 Å². The average Bonchev–Trinajstić information content (AvgIpc) is 2.64. The van der Waals surface area contributed by atoms with E-state index in [-0.39, 0.29) is 18.0 Å². The molecule has 0 saturated heterocycles. The molecule has 0 fully saturated rings. The first kappa shape index (κ1) is 15.3. The molecule has 1 atom stereocenters. The predicted octanol–water partition coefficient (Wildman–Crippen LogP) is 1.68. The lowest BCUT2D eigenvalue weighted by Gasteiger charge is -2.18. The van der Waals surface area contributed by atoms with Crippen LogP contribution in [0.25, 0.3) is 0 Å². The van der Waals surface area contributed by atoms with Crippen molar-refractivity contribution < 1.29 is 4.79 Å². The van der Waals surface area contributed by atoms with Gasteiger partial charge in [0.25, 0.3) is 0 Å². The van der Waals surface area contributed by atoms with Gasteiger partial charge in [0.15, 0.2) is 0 Å². The van der Waals surface area contributed by atoms with Crippen molar-refractivity contribution >= 4 is 17.4 Å². The maximum atomic E-state index is 11.9. The first-order chi connectivity index (χ1) is 8.88. The number of anilines is 2. The van der Waals surface area contributed by atoms with Crippen LogP contribution in [0.15, 0.2) is 0 Å². The van der Waals surface area contributed by atoms with Gasteiger partial charge in [0.1, 0.15) is 11.9 Å². The molecule has 4 N–H and O–H groups in total. The maximum absolute atomic E-state index is 11.9. The van der Waals surface area contributed by atoms with Crippen LogP contribution in [0, 0.1) is 6.92 Å². The average molecular weight is 267 g/mol. The zero-order valence-electron chi connectivity index (χ0n) is 12.4. The van der Waals surface area contributed by atoms with E-state index in [0.717, 1.165) is 12.1 Å². The van der Waals surface area contributed by atoms with Crippen molar-refractivity contribution in [2.24, 2.45) is 0 Å². The number of amides is 1. The SMILES string of the molecule is CCCNC(=O)C(C)Nc1c(N)c(C)nn1C(C)C. The number of nitrogens with two attached hydrogens (primary N) is 1. The van der Waals surface area contributed by atoms with Crippen molar-refractivity contribution in [2.75, 3.05) is 17.6 Å². The molecule has 0 aromatic carbocycles. The highest BCUT2D eigenvalue weighted by molar-refractivity contribution is 5.85. The third kappa shape index (κ3) is 3.62. The van der Waals surface area contributed by atoms with Crippen LogP contribution in [-0.2, 0) is 4.79 Å². The Kier molecular flexibility index (Phi) is 5.20. The van der Waals surface area contributed by atoms with Crippen molar-refractivity contribution in [3.8, 4) is 0 Å². The molecule has 1 rings (SSSR count). The van der Waals surface area contributed by atoms with Gasteiger partial charge in [-0.3, -0.25) is 4.79 Å². The van der Waals surface area contributed by atoms with Crippen LogP contribution in [0.5, 0.6) is 0 Å². The monoisotopic (exact) mass is 267 g/mol. The molecule has 0 spiro atoms. The van der Waals surface area contributed by atoms with E-state index < -0.39 is 0 Å². The summed E-state index contributed by atoms with van der Waals surface area (Å²) in [6.45, 7) is 10.4. The minimum Gasteiger partial charge on any atom is -0.394 e. The standard InChI is InChI=1S/C13H25N5O/c1-6-7-15-13(19)10(5)16-12-11(14)9(4)17-18(12)8(2)3/h8,10,16H,6-7,14H2,1-5H3,(H,15,19). The predicted molar refractivity (Wildman–Crippen MR) is 78.1 cm³/mol. The molecule has 0 saturated carbocycles. The normalized spacial score (nSPS) is 12.5. The zero-order chi connectivity index (χ0) is 14.6. The molecule has 1 amide bonds. The quantitative estimate of drug-likeness (QED) is 0.732. The van der Waals surface area contributed by atoms with E-state index in [9.17, 15) is 4.79 Å². The molecule has 19 heavy (non-hydrogen) atoms. The van der Waals surface area contributed by atoms with E-state index in [4.69, 9.17) is 5.73 Å². The molecule has 1 heterocycles. The molecule has 6 nitrogen and oxygen atoms in total. The number of nitrogens with zero attached hydrogens (tertiary/aromatic N) is 2. The highest BCUT2D eigenvalue weighted by Gasteiger charge is 2.19. The van der Waals surface area contributed by atoms with Gasteiger partial charge in [0, 0.05) is 12.6 Å². The minimum atomic E-state index is -0.345. The summed E-state index contributed by atoms with van der Waals surface area (Å²) in [7, 11) is 0. The fourth-order valence-electron chi connectivity index (χ4n) is 1.75. The van der Waals surface area contributed by atoms with Gasteiger partial charge in [-0.25, -0.2) is 4.68 Å². The van der Waals surface area contributed by atoms with Crippen molar-refractivity contribution in [1.29, 1.82) is 0 Å². The number of carbonyl (C=O) groups is 1. The molecule has 0 radical (unpaired) electrons. The highest BCUT2D eigenvalue weighted by atomic mass is 16.2. The van der Waals surface area contributed by atoms with E-state index in [0.29, 0.717) is 18.1 Å². The molecule has 108 valence electrons. The van der Waals surface area contributed by atoms with Crippen molar-refractivity contribution in [2.45, 2.75) is 53.1 Å². The van der Waals surface area contributed by atoms with E-state index in [1.54, 1.807) is 0 Å². The molecule has 1 aromatic heterocycles. The Morgan fingerprint density at radius 1 is 1.42 bits per heavy atom. The van der Waals surface area contributed by atoms with Gasteiger partial charge in [0.05, 0.1) is 11.4 Å². The lowest BCUT2D eigenvalue weighted by Crippen LogP contribution is -2.38. The number of nitrogens with one attached hydrogen (secondary N) is 2. The Hall–Kier alpha value is -1.72. The van der Waals surface area contributed by atoms with Crippen molar-refractivity contribution in [3.05, 3.63) is 5.69 Å². The first-order valence-electron chi connectivity index (χ1n) is 6.77. The number of hydrogen-bond donors (Lipinski definition) is 3. The Balaban J connectivity index is 2.84. The van der Waals surface area contributed by atoms with Gasteiger partial charge in [-0.2, -0.15) is 5.10 Å². The molecule has 6 heteroatoms. The summed E-state index contributed by atoms with van der Waals surface area (Å²) in [5.74, 6) is 0.682. The lowest BCUT2D eigenvalue weighted by atomic mass is 10.3. The second-order valence-corrected chi connectivity index (χ2v) is 5.04. The van der Waals surface area contributed by atoms with Crippen LogP contribution < -0.4 is 16.4 Å². The van der Waals surface area contributed by atoms with Gasteiger partial charge < -0.3 is 16.4 Å². The largest absolute Gasteiger partial charge is 0.394 e. The number of hydrogen-bond acceptors (Lipinski definition) is 4. The number of aryl methyl sites for hydroxylation is 1. The summed E-state index contributed by atoms with van der Waals surface area (Å²) >= 11 is 0. The Morgan fingerprint density at radius 2 is 2.05 bits per heavy atom. The summed E-state index contributed by atoms with van der Waals surface area (Å²) < 4.78 is 1.81. The zero-order valence-corrected chi connectivity index (χ0v) is 12.4. The summed E-state index contributed by atoms with van der Waals surface area (Å²) in [6, 6.07) is -0.160. The number of aromatic nitrogens is 2. The van der Waals surface area contributed by atoms with Gasteiger partial charge in [-0.1, -0.05) is 6.92 Å². The molecule has 0 aliphatic carbocycles. The molecular weight excluding hydrogens is 242 g/mol. The number of nitrogen functional groups attached to an aromatic ring is 1. The third-order valence-corrected chi connectivity index (χ3v) is 2.92. The summed E-state index contributed by atoms with van der Waals surface area (Å²) in [5.41, 5.74) is 7.39. The van der Waals surface area contributed by atoms with E-state index in [1.807, 2.05) is 39.3 Å². The topological polar surface area (TPSA) is 85.0 Å². The van der Waals surface area contributed by atoms with Crippen LogP contribution in [-0.4, -0.2) is 28.3 Å². The van der Waals surface area contributed by atoms with Gasteiger partial charge >= 0.3 is 0 Å². The number of rotatable bonds is 6. The second-order valence-electron chi connectivity index (χ2n) is 5.04. The van der Waals surface area contributed by atoms with E-state index >= 15 is 0 Å². The van der Waals surface area contributed by atoms with E-state index in [1.165, 1.54) is 0 Å². The summed E-state index contributed by atoms with van der Waals surface area (Å²) in [5, 5.41) is 10.4. The third-order valence-electron chi connectivity index (χ3n) is 2.92. The fourth-order valence-corrected chi connectivity index (χ4v) is 1.75. The smallest absolute Gasteiger partial charge is 0.242 e. The Morgan fingerprint density at radius 3 is 2.58 bits per heavy atom. The van der Waals surface area contributed by atoms with E-state index in [2.05, 4.69) is 15.7 Å². The van der Waals surface area contributed by atoms with Crippen LogP contribution >= 0.6 is 0 Å². The summed E-state index contributed by atoms with van der Waals surface area (Å²) in [4.78, 5) is 11.9. The number of carbonyl (C=O) groups excluding carboxylic acids is 1. The van der Waals surface area contributed by atoms with Crippen LogP contribution in [0.1, 0.15) is 45.9 Å². The second kappa shape index (κ2) is 6.45. The van der Waals surface area contributed by atoms with Crippen LogP contribution in [0.3, 0.4) is 0 Å². The van der Waals surface area contributed by atoms with Crippen LogP contribution in [0.4, 0.5) is 11.5 Å². The Labute approximate surface area is 114 Å². The van der Waals surface area contributed by atoms with Crippen molar-refractivity contribution in [3.63, 3.8) is 0 Å². The van der Waals surface area contributed by atoms with Gasteiger partial charge in [-0.05, 0) is 34.1 Å². The molecular formula is C13H25N5O. The minimum absolute atomic E-state index is 0.0320. The van der Waals surface area contributed by atoms with Gasteiger partial charge in [-0.15, -0.1) is 0 Å². The molecule has 1 unspecified atom stereocenters. The maximum Gasteiger partial charge on any atom is 0.242 e. The Bertz CT molecular complexity index is 438. The fraction of sp³-hybridized carbons (Fsp3) is 0.692. The molecule has 1 aromatic rings. The molecule has 0 aliphatic heterocycles. The molecule has 0 bridgehead atoms. The summed E-state index contributed by atoms with van der Waals surface area (Å²) in [6.07, 6.45) is 0.920. The lowest BCUT2D eigenvalue weighted by molar-refractivity contribution is -0.121. The van der Waals surface area contributed by atoms with Crippen LogP contribution in [0.2, 0.25) is 0 Å². The molecule has 0 aliphatic rings. The first-order valence-corrected chi connectivity index (χ1v) is 6.77.